The van der Waals surface area contributed by atoms with Gasteiger partial charge in [-0.15, -0.1) is 0 Å². The Balaban J connectivity index is 2.05. The number of nitrogens with zero attached hydrogens (tertiary/aromatic N) is 1. The van der Waals surface area contributed by atoms with Crippen LogP contribution in [-0.4, -0.2) is 10.8 Å². The third kappa shape index (κ3) is 2.47. The number of pyridine rings is 1. The molecule has 3 rings (SSSR count). The molecule has 2 nitrogen and oxygen atoms in total. The molecule has 0 radical (unpaired) electrons. The first-order chi connectivity index (χ1) is 9.65. The van der Waals surface area contributed by atoms with Crippen molar-refractivity contribution in [2.45, 2.75) is 0 Å². The van der Waals surface area contributed by atoms with Gasteiger partial charge in [0.2, 0.25) is 0 Å². The van der Waals surface area contributed by atoms with E-state index in [4.69, 9.17) is 11.6 Å². The van der Waals surface area contributed by atoms with Crippen LogP contribution in [-0.2, 0) is 0 Å². The smallest absolute Gasteiger partial charge is 0.194 e. The van der Waals surface area contributed by atoms with E-state index >= 15 is 0 Å². The number of benzene rings is 2. The second kappa shape index (κ2) is 5.35. The van der Waals surface area contributed by atoms with E-state index in [9.17, 15) is 4.79 Å². The monoisotopic (exact) mass is 345 g/mol. The Morgan fingerprint density at radius 1 is 1.05 bits per heavy atom. The molecule has 20 heavy (non-hydrogen) atoms. The van der Waals surface area contributed by atoms with E-state index in [1.54, 1.807) is 24.4 Å². The van der Waals surface area contributed by atoms with Gasteiger partial charge in [0.15, 0.2) is 5.78 Å². The normalized spacial score (nSPS) is 10.7. The summed E-state index contributed by atoms with van der Waals surface area (Å²) >= 11 is 9.34. The molecule has 0 saturated carbocycles. The maximum absolute atomic E-state index is 12.4. The van der Waals surface area contributed by atoms with Gasteiger partial charge in [-0.2, -0.15) is 0 Å². The maximum atomic E-state index is 12.4. The third-order valence-electron chi connectivity index (χ3n) is 3.03. The number of carbonyl (C=O) groups excluding carboxylic acids is 1. The first-order valence-corrected chi connectivity index (χ1v) is 7.17. The van der Waals surface area contributed by atoms with Crippen LogP contribution in [0.2, 0.25) is 5.02 Å². The zero-order chi connectivity index (χ0) is 14.1. The molecule has 1 aromatic heterocycles. The fourth-order valence-corrected chi connectivity index (χ4v) is 2.43. The first kappa shape index (κ1) is 13.3. The molecule has 0 N–H and O–H groups in total. The number of aromatic nitrogens is 1. The van der Waals surface area contributed by atoms with Gasteiger partial charge in [0.25, 0.3) is 0 Å². The number of rotatable bonds is 2. The van der Waals surface area contributed by atoms with Gasteiger partial charge in [0, 0.05) is 27.2 Å². The second-order valence-electron chi connectivity index (χ2n) is 4.37. The molecule has 1 heterocycles. The molecule has 0 aliphatic rings. The number of carbonyl (C=O) groups is 1. The summed E-state index contributed by atoms with van der Waals surface area (Å²) < 4.78 is 0.771. The molecule has 0 spiro atoms. The van der Waals surface area contributed by atoms with Gasteiger partial charge in [-0.3, -0.25) is 9.78 Å². The van der Waals surface area contributed by atoms with Gasteiger partial charge in [-0.05, 0) is 46.3 Å². The molecule has 0 aliphatic heterocycles. The Bertz CT molecular complexity index is 816. The molecule has 0 bridgehead atoms. The SMILES string of the molecule is O=C(c1ccc(Br)c(Cl)c1)c1cnc2ccccc2c1. The van der Waals surface area contributed by atoms with Gasteiger partial charge >= 0.3 is 0 Å². The number of halogens is 2. The van der Waals surface area contributed by atoms with Crippen LogP contribution in [0.3, 0.4) is 0 Å². The minimum absolute atomic E-state index is 0.0855. The average Bonchev–Trinajstić information content (AvgIpc) is 2.49. The van der Waals surface area contributed by atoms with Crippen molar-refractivity contribution in [3.8, 4) is 0 Å². The molecule has 0 unspecified atom stereocenters. The van der Waals surface area contributed by atoms with Crippen molar-refractivity contribution in [2.24, 2.45) is 0 Å². The van der Waals surface area contributed by atoms with Crippen molar-refractivity contribution in [1.82, 2.24) is 4.98 Å². The summed E-state index contributed by atoms with van der Waals surface area (Å²) in [5.74, 6) is -0.0855. The molecule has 0 amide bonds. The summed E-state index contributed by atoms with van der Waals surface area (Å²) in [7, 11) is 0. The minimum Gasteiger partial charge on any atom is -0.289 e. The highest BCUT2D eigenvalue weighted by molar-refractivity contribution is 9.10. The number of fused-ring (bicyclic) bond motifs is 1. The van der Waals surface area contributed by atoms with Crippen LogP contribution in [0.5, 0.6) is 0 Å². The Morgan fingerprint density at radius 3 is 2.65 bits per heavy atom. The van der Waals surface area contributed by atoms with Crippen LogP contribution < -0.4 is 0 Å². The number of hydrogen-bond acceptors (Lipinski definition) is 2. The summed E-state index contributed by atoms with van der Waals surface area (Å²) in [6.07, 6.45) is 1.60. The van der Waals surface area contributed by atoms with E-state index < -0.39 is 0 Å². The van der Waals surface area contributed by atoms with Crippen molar-refractivity contribution >= 4 is 44.2 Å². The predicted molar refractivity (Wildman–Crippen MR) is 84.3 cm³/mol. The van der Waals surface area contributed by atoms with Crippen molar-refractivity contribution in [2.75, 3.05) is 0 Å². The van der Waals surface area contributed by atoms with E-state index in [-0.39, 0.29) is 5.78 Å². The maximum Gasteiger partial charge on any atom is 0.194 e. The van der Waals surface area contributed by atoms with Crippen LogP contribution in [0.25, 0.3) is 10.9 Å². The Hall–Kier alpha value is -1.71. The number of ketones is 1. The lowest BCUT2D eigenvalue weighted by atomic mass is 10.0. The summed E-state index contributed by atoms with van der Waals surface area (Å²) in [5, 5.41) is 1.46. The Morgan fingerprint density at radius 2 is 1.85 bits per heavy atom. The van der Waals surface area contributed by atoms with Crippen LogP contribution >= 0.6 is 27.5 Å². The van der Waals surface area contributed by atoms with Gasteiger partial charge in [0.05, 0.1) is 10.5 Å². The Kier molecular flexibility index (Phi) is 3.55. The van der Waals surface area contributed by atoms with Crippen molar-refractivity contribution in [3.63, 3.8) is 0 Å². The van der Waals surface area contributed by atoms with Gasteiger partial charge in [-0.25, -0.2) is 0 Å². The minimum atomic E-state index is -0.0855. The van der Waals surface area contributed by atoms with E-state index in [1.165, 1.54) is 0 Å². The second-order valence-corrected chi connectivity index (χ2v) is 5.64. The van der Waals surface area contributed by atoms with Crippen LogP contribution in [0.15, 0.2) is 59.2 Å². The standard InChI is InChI=1S/C16H9BrClNO/c17-13-6-5-11(8-14(13)18)16(20)12-7-10-3-1-2-4-15(10)19-9-12/h1-9H. The quantitative estimate of drug-likeness (QED) is 0.619. The molecular weight excluding hydrogens is 338 g/mol. The molecule has 0 aliphatic carbocycles. The molecule has 2 aromatic carbocycles. The zero-order valence-corrected chi connectivity index (χ0v) is 12.6. The lowest BCUT2D eigenvalue weighted by Gasteiger charge is -2.04. The van der Waals surface area contributed by atoms with E-state index in [2.05, 4.69) is 20.9 Å². The van der Waals surface area contributed by atoms with Crippen LogP contribution in [0.1, 0.15) is 15.9 Å². The van der Waals surface area contributed by atoms with Gasteiger partial charge in [0.1, 0.15) is 0 Å². The highest BCUT2D eigenvalue weighted by atomic mass is 79.9. The molecule has 98 valence electrons. The van der Waals surface area contributed by atoms with E-state index in [0.717, 1.165) is 15.4 Å². The zero-order valence-electron chi connectivity index (χ0n) is 10.3. The molecule has 0 fully saturated rings. The van der Waals surface area contributed by atoms with Gasteiger partial charge in [-0.1, -0.05) is 29.8 Å². The fourth-order valence-electron chi connectivity index (χ4n) is 2.00. The summed E-state index contributed by atoms with van der Waals surface area (Å²) in [6, 6.07) is 14.7. The Labute approximate surface area is 129 Å². The molecule has 0 saturated heterocycles. The highest BCUT2D eigenvalue weighted by Crippen LogP contribution is 2.25. The fraction of sp³-hybridized carbons (Fsp3) is 0. The molecule has 3 aromatic rings. The number of hydrogen-bond donors (Lipinski definition) is 0. The lowest BCUT2D eigenvalue weighted by Crippen LogP contribution is -2.02. The number of para-hydroxylation sites is 1. The third-order valence-corrected chi connectivity index (χ3v) is 4.27. The van der Waals surface area contributed by atoms with Crippen molar-refractivity contribution in [3.05, 3.63) is 75.4 Å². The molecule has 4 heteroatoms. The molecule has 0 atom stereocenters. The highest BCUT2D eigenvalue weighted by Gasteiger charge is 2.11. The van der Waals surface area contributed by atoms with Gasteiger partial charge < -0.3 is 0 Å². The average molecular weight is 347 g/mol. The molecular formula is C16H9BrClNO. The summed E-state index contributed by atoms with van der Waals surface area (Å²) in [6.45, 7) is 0. The lowest BCUT2D eigenvalue weighted by molar-refractivity contribution is 0.103. The van der Waals surface area contributed by atoms with Crippen molar-refractivity contribution in [1.29, 1.82) is 0 Å². The van der Waals surface area contributed by atoms with E-state index in [1.807, 2.05) is 30.3 Å². The van der Waals surface area contributed by atoms with Crippen LogP contribution in [0.4, 0.5) is 0 Å². The van der Waals surface area contributed by atoms with Crippen molar-refractivity contribution < 1.29 is 4.79 Å². The largest absolute Gasteiger partial charge is 0.289 e. The summed E-state index contributed by atoms with van der Waals surface area (Å²) in [4.78, 5) is 16.7. The first-order valence-electron chi connectivity index (χ1n) is 6.00. The van der Waals surface area contributed by atoms with Crippen LogP contribution in [0, 0.1) is 0 Å². The predicted octanol–water partition coefficient (Wildman–Crippen LogP) is 4.88. The topological polar surface area (TPSA) is 30.0 Å². The van der Waals surface area contributed by atoms with E-state index in [0.29, 0.717) is 16.1 Å². The summed E-state index contributed by atoms with van der Waals surface area (Å²) in [5.41, 5.74) is 1.98.